The number of rotatable bonds is 19. The summed E-state index contributed by atoms with van der Waals surface area (Å²) < 4.78 is 13.7. The van der Waals surface area contributed by atoms with Gasteiger partial charge < -0.3 is 8.83 Å². The molecule has 5 aliphatic rings. The van der Waals surface area contributed by atoms with Crippen LogP contribution in [0.15, 0.2) is 221 Å². The van der Waals surface area contributed by atoms with Crippen LogP contribution in [0.4, 0.5) is 0 Å². The Bertz CT molecular complexity index is 5960. The second kappa shape index (κ2) is 24.7. The highest BCUT2D eigenvalue weighted by atomic mass is 16.3. The van der Waals surface area contributed by atoms with Crippen LogP contribution in [-0.4, -0.2) is 0 Å². The summed E-state index contributed by atoms with van der Waals surface area (Å²) in [6.07, 6.45) is 17.3. The summed E-state index contributed by atoms with van der Waals surface area (Å²) in [4.78, 5) is 0. The second-order valence-corrected chi connectivity index (χ2v) is 35.0. The minimum atomic E-state index is -0.292. The van der Waals surface area contributed by atoms with Gasteiger partial charge in [-0.1, -0.05) is 297 Å². The predicted molar refractivity (Wildman–Crippen MR) is 448 cm³/mol. The van der Waals surface area contributed by atoms with Crippen molar-refractivity contribution in [2.45, 2.75) is 206 Å². The minimum Gasteiger partial charge on any atom is -0.456 e. The fraction of sp³-hybridized carbons (Fsp3) is 0.308. The van der Waals surface area contributed by atoms with Crippen molar-refractivity contribution in [2.24, 2.45) is 0 Å². The van der Waals surface area contributed by atoms with Crippen LogP contribution in [0.1, 0.15) is 236 Å². The third-order valence-electron chi connectivity index (χ3n) is 27.2. The molecule has 1 unspecified atom stereocenters. The zero-order chi connectivity index (χ0) is 72.5. The lowest BCUT2D eigenvalue weighted by Gasteiger charge is -2.33. The molecule has 528 valence electrons. The summed E-state index contributed by atoms with van der Waals surface area (Å²) >= 11 is 0. The number of hydrogen-bond acceptors (Lipinski definition) is 2. The first-order chi connectivity index (χ1) is 51.3. The summed E-state index contributed by atoms with van der Waals surface area (Å²) in [7, 11) is 0. The van der Waals surface area contributed by atoms with Gasteiger partial charge in [-0.2, -0.15) is 0 Å². The second-order valence-electron chi connectivity index (χ2n) is 35.0. The van der Waals surface area contributed by atoms with E-state index in [1.165, 1.54) is 243 Å². The Hall–Kier alpha value is -9.76. The zero-order valence-electron chi connectivity index (χ0n) is 64.5. The van der Waals surface area contributed by atoms with Crippen LogP contribution in [0.2, 0.25) is 0 Å². The number of furan rings is 2. The van der Waals surface area contributed by atoms with Gasteiger partial charge in [0.1, 0.15) is 22.3 Å². The van der Waals surface area contributed by atoms with Crippen molar-refractivity contribution < 1.29 is 8.83 Å². The molecule has 1 atom stereocenters. The molecule has 0 fully saturated rings. The first-order valence-electron chi connectivity index (χ1n) is 40.3. The summed E-state index contributed by atoms with van der Waals surface area (Å²) in [5, 5.41) is 4.83. The first-order valence-corrected chi connectivity index (χ1v) is 40.3. The van der Waals surface area contributed by atoms with Crippen molar-refractivity contribution in [1.29, 1.82) is 0 Å². The number of para-hydroxylation sites is 2. The van der Waals surface area contributed by atoms with Gasteiger partial charge in [-0.15, -0.1) is 0 Å². The van der Waals surface area contributed by atoms with Crippen molar-refractivity contribution in [3.8, 4) is 77.9 Å². The van der Waals surface area contributed by atoms with Crippen LogP contribution in [0, 0.1) is 13.8 Å². The number of unbranched alkanes of at least 4 members (excludes halogenated alkanes) is 8. The Balaban J connectivity index is 0.645. The maximum absolute atomic E-state index is 7.21. The lowest BCUT2D eigenvalue weighted by Crippen LogP contribution is -2.25. The van der Waals surface area contributed by atoms with E-state index in [-0.39, 0.29) is 33.0 Å². The van der Waals surface area contributed by atoms with Crippen LogP contribution in [0.5, 0.6) is 0 Å². The van der Waals surface area contributed by atoms with Crippen molar-refractivity contribution in [1.82, 2.24) is 0 Å². The number of fused-ring (bicyclic) bond motifs is 23. The molecule has 5 aliphatic carbocycles. The molecule has 0 bridgehead atoms. The highest BCUT2D eigenvalue weighted by Gasteiger charge is 2.46. The maximum Gasteiger partial charge on any atom is 0.143 e. The molecule has 0 saturated carbocycles. The van der Waals surface area contributed by atoms with E-state index in [2.05, 4.69) is 295 Å². The van der Waals surface area contributed by atoms with E-state index in [0.717, 1.165) is 40.7 Å². The van der Waals surface area contributed by atoms with Crippen molar-refractivity contribution in [3.63, 3.8) is 0 Å². The molecule has 2 heteroatoms. The Morgan fingerprint density at radius 1 is 0.311 bits per heavy atom. The molecule has 0 saturated heterocycles. The molecule has 0 amide bonds. The standard InChI is InChI=1S/C104H100O2/c1-13-15-17-19-27-49-104(50-28-20-18-16-14-2)82-32-24-21-29-71(82)74-45-39-67(57-90(74)104)66-38-44-72-73-46-40-68(58-87(73)102(9,10)86(72)56-66)79-59-91-95(98-78-31-23-26-34-93(78)106-99(79)98)76-43-37-65(55-85(76)103(91,11)12)53-69(70-41-35-62(3)51-63(70)4)52-64-36-42-75-80-60-89-81(61-88(80)101(7,8)84(75)54-64)96-83(100(89,5)6)47-48-94-97(96)77-30-22-25-33-92(77)105-94/h21-26,29-48,51,54-61,69H,13-20,27-28,49-50,52-53H2,1-12H3. The molecule has 2 heterocycles. The third-order valence-corrected chi connectivity index (χ3v) is 27.2. The highest BCUT2D eigenvalue weighted by molar-refractivity contribution is 6.19. The largest absolute Gasteiger partial charge is 0.456 e. The van der Waals surface area contributed by atoms with Gasteiger partial charge in [-0.25, -0.2) is 0 Å². The van der Waals surface area contributed by atoms with Crippen molar-refractivity contribution in [3.05, 3.63) is 296 Å². The van der Waals surface area contributed by atoms with E-state index in [9.17, 15) is 0 Å². The van der Waals surface area contributed by atoms with Crippen molar-refractivity contribution >= 4 is 43.9 Å². The monoisotopic (exact) mass is 1380 g/mol. The van der Waals surface area contributed by atoms with Crippen LogP contribution in [0.25, 0.3) is 122 Å². The number of aryl methyl sites for hydroxylation is 2. The summed E-state index contributed by atoms with van der Waals surface area (Å²) in [6.45, 7) is 28.9. The van der Waals surface area contributed by atoms with Crippen LogP contribution < -0.4 is 0 Å². The molecule has 19 rings (SSSR count). The smallest absolute Gasteiger partial charge is 0.143 e. The predicted octanol–water partition coefficient (Wildman–Crippen LogP) is 29.2. The third kappa shape index (κ3) is 10.00. The Labute approximate surface area is 628 Å². The molecule has 0 N–H and O–H groups in total. The molecule has 0 aliphatic heterocycles. The zero-order valence-corrected chi connectivity index (χ0v) is 64.5. The van der Waals surface area contributed by atoms with Crippen LogP contribution >= 0.6 is 0 Å². The van der Waals surface area contributed by atoms with Gasteiger partial charge in [0.05, 0.1) is 0 Å². The number of benzene rings is 12. The summed E-state index contributed by atoms with van der Waals surface area (Å²) in [5.74, 6) is 0.254. The van der Waals surface area contributed by atoms with E-state index in [4.69, 9.17) is 8.83 Å². The maximum atomic E-state index is 7.21. The van der Waals surface area contributed by atoms with E-state index in [1.54, 1.807) is 11.1 Å². The Morgan fingerprint density at radius 3 is 1.45 bits per heavy atom. The normalized spacial score (nSPS) is 16.0. The SMILES string of the molecule is CCCCCCCC1(CCCCCCC)c2ccccc2-c2ccc(-c3ccc4c(c3)C(C)(C)c3cc(-c5cc6c(c7c5oc5ccccc57)-c5ccc(CC(Cc7ccc8c(c7)C(C)(C)c7cc9c(cc7-8)C(C)(C)c7ccc8oc%10ccccc%10c8c7-9)c7ccc(C)cc7C)cc5C6(C)C)ccc3-4)cc21. The fourth-order valence-corrected chi connectivity index (χ4v) is 21.5. The van der Waals surface area contributed by atoms with Gasteiger partial charge >= 0.3 is 0 Å². The van der Waals surface area contributed by atoms with Gasteiger partial charge in [0.2, 0.25) is 0 Å². The van der Waals surface area contributed by atoms with E-state index >= 15 is 0 Å². The molecule has 12 aromatic carbocycles. The van der Waals surface area contributed by atoms with E-state index < -0.39 is 0 Å². The molecule has 0 radical (unpaired) electrons. The fourth-order valence-electron chi connectivity index (χ4n) is 21.5. The van der Waals surface area contributed by atoms with Crippen LogP contribution in [0.3, 0.4) is 0 Å². The van der Waals surface area contributed by atoms with Gasteiger partial charge in [0, 0.05) is 54.2 Å². The highest BCUT2D eigenvalue weighted by Crippen LogP contribution is 2.62. The molecule has 2 nitrogen and oxygen atoms in total. The molecule has 106 heavy (non-hydrogen) atoms. The van der Waals surface area contributed by atoms with E-state index in [0.29, 0.717) is 0 Å². The van der Waals surface area contributed by atoms with Crippen molar-refractivity contribution in [2.75, 3.05) is 0 Å². The average Bonchev–Trinajstić information content (AvgIpc) is 1.58. The van der Waals surface area contributed by atoms with E-state index in [1.807, 2.05) is 0 Å². The molecule has 0 spiro atoms. The van der Waals surface area contributed by atoms with Gasteiger partial charge in [0.15, 0.2) is 0 Å². The number of hydrogen-bond donors (Lipinski definition) is 0. The quantitative estimate of drug-likeness (QED) is 0.0754. The first kappa shape index (κ1) is 66.9. The van der Waals surface area contributed by atoms with Gasteiger partial charge in [0.25, 0.3) is 0 Å². The average molecular weight is 1380 g/mol. The minimum absolute atomic E-state index is 0.0395. The Kier molecular flexibility index (Phi) is 15.6. The molecule has 14 aromatic rings. The summed E-state index contributed by atoms with van der Waals surface area (Å²) in [5.41, 5.74) is 42.8. The molecular weight excluding hydrogens is 1280 g/mol. The lowest BCUT2D eigenvalue weighted by molar-refractivity contribution is 0.399. The van der Waals surface area contributed by atoms with Gasteiger partial charge in [-0.05, 0) is 250 Å². The van der Waals surface area contributed by atoms with Gasteiger partial charge in [-0.3, -0.25) is 0 Å². The molecular formula is C104H100O2. The summed E-state index contributed by atoms with van der Waals surface area (Å²) in [6, 6.07) is 83.4. The van der Waals surface area contributed by atoms with Crippen LogP contribution in [-0.2, 0) is 39.9 Å². The molecule has 2 aromatic heterocycles. The Morgan fingerprint density at radius 2 is 0.783 bits per heavy atom. The topological polar surface area (TPSA) is 26.3 Å². The lowest BCUT2D eigenvalue weighted by atomic mass is 9.70.